The summed E-state index contributed by atoms with van der Waals surface area (Å²) in [5.74, 6) is -0.982. The molecule has 3 aromatic rings. The van der Waals surface area contributed by atoms with Gasteiger partial charge in [-0.1, -0.05) is 60.7 Å². The molecule has 3 aliphatic rings. The maximum atomic E-state index is 13.7. The summed E-state index contributed by atoms with van der Waals surface area (Å²) < 4.78 is 41.8. The lowest BCUT2D eigenvalue weighted by molar-refractivity contribution is -0.274. The number of halogens is 3. The summed E-state index contributed by atoms with van der Waals surface area (Å²) in [7, 11) is 0. The molecule has 1 aliphatic heterocycles. The van der Waals surface area contributed by atoms with Gasteiger partial charge >= 0.3 is 6.36 Å². The fourth-order valence-corrected chi connectivity index (χ4v) is 5.62. The van der Waals surface area contributed by atoms with Gasteiger partial charge in [-0.2, -0.15) is 0 Å². The zero-order valence-corrected chi connectivity index (χ0v) is 20.3. The Hall–Kier alpha value is -4.32. The molecule has 6 heteroatoms. The number of ketones is 1. The molecule has 0 bridgehead atoms. The van der Waals surface area contributed by atoms with Gasteiger partial charge in [0.1, 0.15) is 5.75 Å². The Bertz CT molecular complexity index is 1630. The minimum atomic E-state index is -4.78. The second kappa shape index (κ2) is 9.53. The number of rotatable bonds is 4. The summed E-state index contributed by atoms with van der Waals surface area (Å²) in [5, 5.41) is 5.54. The topological polar surface area (TPSA) is 38.3 Å². The molecule has 0 spiro atoms. The first-order valence-corrected chi connectivity index (χ1v) is 12.5. The van der Waals surface area contributed by atoms with Crippen molar-refractivity contribution >= 4 is 17.9 Å². The number of hydrogen-bond acceptors (Lipinski definition) is 3. The van der Waals surface area contributed by atoms with Crippen LogP contribution >= 0.6 is 0 Å². The number of fused-ring (bicyclic) bond motifs is 5. The summed E-state index contributed by atoms with van der Waals surface area (Å²) in [4.78, 5) is 13.7. The zero-order chi connectivity index (χ0) is 26.3. The van der Waals surface area contributed by atoms with Gasteiger partial charge in [0.05, 0.1) is 0 Å². The van der Waals surface area contributed by atoms with Crippen LogP contribution in [0.3, 0.4) is 0 Å². The highest BCUT2D eigenvalue weighted by Crippen LogP contribution is 2.35. The zero-order valence-electron chi connectivity index (χ0n) is 20.3. The molecule has 1 N–H and O–H groups in total. The standard InChI is InChI=1S/C32H24F3NO2/c33-32(34,35)38-23-12-9-21(10-13-23)31(37)22-18-28-26-14-11-20-6-3-4-7-24(20)25(26)15-16-27(28)29(19-22)30-8-2-1-5-17-36-30/h1-10,12-18,22,29,36H,11,19H2. The van der Waals surface area contributed by atoms with E-state index in [-0.39, 0.29) is 17.5 Å². The van der Waals surface area contributed by atoms with Crippen molar-refractivity contribution in [2.24, 2.45) is 5.92 Å². The van der Waals surface area contributed by atoms with Crippen LogP contribution in [0.4, 0.5) is 13.2 Å². The third kappa shape index (κ3) is 4.58. The minimum absolute atomic E-state index is 0.0555. The number of carbonyl (C=O) groups excluding carboxylic acids is 1. The Morgan fingerprint density at radius 3 is 2.53 bits per heavy atom. The first-order chi connectivity index (χ1) is 18.4. The molecule has 3 aromatic carbocycles. The smallest absolute Gasteiger partial charge is 0.406 e. The van der Waals surface area contributed by atoms with Crippen LogP contribution in [0.2, 0.25) is 0 Å². The summed E-state index contributed by atoms with van der Waals surface area (Å²) in [6, 6.07) is 17.9. The van der Waals surface area contributed by atoms with E-state index < -0.39 is 12.3 Å². The van der Waals surface area contributed by atoms with Gasteiger partial charge in [0.15, 0.2) is 5.78 Å². The van der Waals surface area contributed by atoms with Crippen LogP contribution in [0.1, 0.15) is 33.8 Å². The van der Waals surface area contributed by atoms with Crippen molar-refractivity contribution in [2.45, 2.75) is 25.1 Å². The lowest BCUT2D eigenvalue weighted by Gasteiger charge is -2.30. The molecule has 38 heavy (non-hydrogen) atoms. The Balaban J connectivity index is 1.45. The third-order valence-corrected chi connectivity index (χ3v) is 7.32. The van der Waals surface area contributed by atoms with E-state index in [0.29, 0.717) is 12.0 Å². The van der Waals surface area contributed by atoms with Crippen LogP contribution in [-0.4, -0.2) is 12.1 Å². The molecule has 3 nitrogen and oxygen atoms in total. The Morgan fingerprint density at radius 2 is 1.71 bits per heavy atom. The number of alkyl halides is 3. The molecule has 0 fully saturated rings. The highest BCUT2D eigenvalue weighted by Gasteiger charge is 2.33. The molecule has 2 unspecified atom stereocenters. The molecule has 0 saturated heterocycles. The van der Waals surface area contributed by atoms with Crippen molar-refractivity contribution in [1.82, 2.24) is 5.32 Å². The summed E-state index contributed by atoms with van der Waals surface area (Å²) in [6.07, 6.45) is 10.6. The van der Waals surface area contributed by atoms with Crippen LogP contribution < -0.4 is 20.5 Å². The molecular weight excluding hydrogens is 487 g/mol. The SMILES string of the molecule is O=C(c1ccc(OC(F)(F)F)cc1)C1C=c2c(ccc3c2=CCc2ccccc2-3)C(C2=CC=CC=CN2)C1. The first kappa shape index (κ1) is 24.0. The second-order valence-electron chi connectivity index (χ2n) is 9.60. The Kier molecular flexibility index (Phi) is 6.03. The van der Waals surface area contributed by atoms with Gasteiger partial charge in [0.25, 0.3) is 0 Å². The van der Waals surface area contributed by atoms with Crippen molar-refractivity contribution in [2.75, 3.05) is 0 Å². The molecule has 190 valence electrons. The monoisotopic (exact) mass is 511 g/mol. The number of nitrogens with one attached hydrogen (secondary N) is 1. The summed E-state index contributed by atoms with van der Waals surface area (Å²) >= 11 is 0. The van der Waals surface area contributed by atoms with E-state index in [0.717, 1.165) is 33.7 Å². The number of hydrogen-bond donors (Lipinski definition) is 1. The molecule has 2 atom stereocenters. The number of allylic oxidation sites excluding steroid dienone is 5. The lowest BCUT2D eigenvalue weighted by Crippen LogP contribution is -2.39. The largest absolute Gasteiger partial charge is 0.573 e. The van der Waals surface area contributed by atoms with Crippen LogP contribution in [0, 0.1) is 5.92 Å². The van der Waals surface area contributed by atoms with E-state index in [2.05, 4.69) is 40.4 Å². The van der Waals surface area contributed by atoms with Gasteiger partial charge in [0, 0.05) is 29.3 Å². The number of carbonyl (C=O) groups is 1. The number of Topliss-reactive ketones (excluding diaryl/α,β-unsaturated/α-hetero) is 1. The van der Waals surface area contributed by atoms with Gasteiger partial charge in [-0.15, -0.1) is 13.2 Å². The number of benzene rings is 3. The van der Waals surface area contributed by atoms with Crippen molar-refractivity contribution < 1.29 is 22.7 Å². The third-order valence-electron chi connectivity index (χ3n) is 7.32. The predicted molar refractivity (Wildman–Crippen MR) is 142 cm³/mol. The van der Waals surface area contributed by atoms with Crippen molar-refractivity contribution in [1.29, 1.82) is 0 Å². The van der Waals surface area contributed by atoms with Crippen LogP contribution in [0.5, 0.6) is 5.75 Å². The molecule has 0 radical (unpaired) electrons. The van der Waals surface area contributed by atoms with Crippen molar-refractivity contribution in [3.8, 4) is 16.9 Å². The second-order valence-corrected chi connectivity index (χ2v) is 9.60. The fraction of sp³-hybridized carbons (Fsp3) is 0.156. The predicted octanol–water partition coefficient (Wildman–Crippen LogP) is 5.91. The lowest BCUT2D eigenvalue weighted by atomic mass is 9.75. The average molecular weight is 512 g/mol. The van der Waals surface area contributed by atoms with E-state index in [1.54, 1.807) is 0 Å². The fourth-order valence-electron chi connectivity index (χ4n) is 5.62. The highest BCUT2D eigenvalue weighted by atomic mass is 19.4. The summed E-state index contributed by atoms with van der Waals surface area (Å²) in [5.41, 5.74) is 6.11. The minimum Gasteiger partial charge on any atom is -0.406 e. The summed E-state index contributed by atoms with van der Waals surface area (Å²) in [6.45, 7) is 0. The first-order valence-electron chi connectivity index (χ1n) is 12.5. The normalized spacial score (nSPS) is 19.4. The van der Waals surface area contributed by atoms with E-state index in [1.807, 2.05) is 48.7 Å². The molecule has 2 aliphatic carbocycles. The van der Waals surface area contributed by atoms with E-state index in [4.69, 9.17) is 0 Å². The van der Waals surface area contributed by atoms with E-state index >= 15 is 0 Å². The highest BCUT2D eigenvalue weighted by molar-refractivity contribution is 6.01. The van der Waals surface area contributed by atoms with Crippen molar-refractivity contribution in [3.05, 3.63) is 124 Å². The number of ether oxygens (including phenoxy) is 1. The Labute approximate surface area is 218 Å². The van der Waals surface area contributed by atoms with Crippen LogP contribution in [0.15, 0.2) is 96.9 Å². The van der Waals surface area contributed by atoms with Gasteiger partial charge in [-0.3, -0.25) is 4.79 Å². The van der Waals surface area contributed by atoms with E-state index in [1.165, 1.54) is 35.4 Å². The van der Waals surface area contributed by atoms with Gasteiger partial charge in [-0.05, 0) is 82.0 Å². The molecule has 0 saturated carbocycles. The van der Waals surface area contributed by atoms with Gasteiger partial charge in [0.2, 0.25) is 0 Å². The average Bonchev–Trinajstić information content (AvgIpc) is 3.21. The van der Waals surface area contributed by atoms with Gasteiger partial charge < -0.3 is 10.1 Å². The molecular formula is C32H24F3NO2. The maximum Gasteiger partial charge on any atom is 0.573 e. The maximum absolute atomic E-state index is 13.7. The quantitative estimate of drug-likeness (QED) is 0.443. The molecule has 0 amide bonds. The van der Waals surface area contributed by atoms with Crippen LogP contribution in [0.25, 0.3) is 23.3 Å². The van der Waals surface area contributed by atoms with Crippen LogP contribution in [-0.2, 0) is 6.42 Å². The van der Waals surface area contributed by atoms with Gasteiger partial charge in [-0.25, -0.2) is 0 Å². The van der Waals surface area contributed by atoms with E-state index in [9.17, 15) is 18.0 Å². The molecule has 6 rings (SSSR count). The Morgan fingerprint density at radius 1 is 0.895 bits per heavy atom. The molecule has 1 heterocycles. The van der Waals surface area contributed by atoms with Crippen molar-refractivity contribution in [3.63, 3.8) is 0 Å². The molecule has 0 aromatic heterocycles.